The predicted molar refractivity (Wildman–Crippen MR) is 139 cm³/mol. The number of ether oxygens (including phenoxy) is 4. The van der Waals surface area contributed by atoms with E-state index in [2.05, 4.69) is 15.9 Å². The number of hydrogen-bond donors (Lipinski definition) is 1. The molecule has 4 rings (SSSR count). The average Bonchev–Trinajstić information content (AvgIpc) is 2.83. The second kappa shape index (κ2) is 11.2. The summed E-state index contributed by atoms with van der Waals surface area (Å²) in [4.78, 5) is 25.8. The van der Waals surface area contributed by atoms with E-state index in [-0.39, 0.29) is 23.8 Å². The first kappa shape index (κ1) is 26.4. The molecule has 190 valence electrons. The van der Waals surface area contributed by atoms with Gasteiger partial charge in [0.2, 0.25) is 5.88 Å². The highest BCUT2D eigenvalue weighted by Gasteiger charge is 2.41. The van der Waals surface area contributed by atoms with Gasteiger partial charge in [-0.25, -0.2) is 4.79 Å². The van der Waals surface area contributed by atoms with Crippen molar-refractivity contribution in [3.8, 4) is 11.5 Å². The van der Waals surface area contributed by atoms with Crippen LogP contribution in [0, 0.1) is 0 Å². The van der Waals surface area contributed by atoms with Gasteiger partial charge in [-0.05, 0) is 59.1 Å². The minimum Gasteiger partial charge on any atom is -0.490 e. The lowest BCUT2D eigenvalue weighted by molar-refractivity contribution is -0.136. The van der Waals surface area contributed by atoms with Crippen LogP contribution in [0.4, 0.5) is 0 Å². The van der Waals surface area contributed by atoms with Crippen LogP contribution < -0.4 is 15.2 Å². The molecule has 1 aliphatic carbocycles. The van der Waals surface area contributed by atoms with Crippen molar-refractivity contribution in [1.29, 1.82) is 0 Å². The quantitative estimate of drug-likeness (QED) is 0.380. The summed E-state index contributed by atoms with van der Waals surface area (Å²) in [5, 5.41) is 1.01. The lowest BCUT2D eigenvalue weighted by Crippen LogP contribution is -2.31. The highest BCUT2D eigenvalue weighted by Crippen LogP contribution is 2.47. The highest BCUT2D eigenvalue weighted by atomic mass is 79.9. The molecule has 2 aromatic carbocycles. The Labute approximate surface area is 227 Å². The number of esters is 1. The van der Waals surface area contributed by atoms with E-state index in [1.54, 1.807) is 30.3 Å². The summed E-state index contributed by atoms with van der Waals surface area (Å²) < 4.78 is 23.2. The molecule has 2 aliphatic rings. The molecule has 7 nitrogen and oxygen atoms in total. The number of allylic oxidation sites excluding steroid dienone is 2. The third-order valence-corrected chi connectivity index (χ3v) is 7.12. The number of methoxy groups -OCH3 is 1. The first-order chi connectivity index (χ1) is 17.2. The second-order valence-electron chi connectivity index (χ2n) is 8.21. The molecular weight excluding hydrogens is 573 g/mol. The standard InChI is InChI=1S/C26H24BrCl2NO6/c1-3-34-20-10-14(9-16(27)24(20)35-12-13-7-8-15(28)11-17(13)29)21-22-18(31)5-4-6-19(22)36-25(30)23(21)26(32)33-2/h7-11,21H,3-6,12,30H2,1-2H3/t21-/m0/s1. The van der Waals surface area contributed by atoms with Gasteiger partial charge in [-0.2, -0.15) is 0 Å². The number of nitrogens with two attached hydrogens (primary N) is 1. The zero-order chi connectivity index (χ0) is 26.0. The molecule has 1 aliphatic heterocycles. The lowest BCUT2D eigenvalue weighted by Gasteiger charge is -2.32. The Hall–Kier alpha value is -2.68. The van der Waals surface area contributed by atoms with Crippen molar-refractivity contribution in [3.63, 3.8) is 0 Å². The number of ketones is 1. The first-order valence-corrected chi connectivity index (χ1v) is 12.8. The largest absolute Gasteiger partial charge is 0.490 e. The summed E-state index contributed by atoms with van der Waals surface area (Å²) in [7, 11) is 1.26. The van der Waals surface area contributed by atoms with Crippen LogP contribution in [-0.4, -0.2) is 25.5 Å². The summed E-state index contributed by atoms with van der Waals surface area (Å²) in [6.07, 6.45) is 1.56. The van der Waals surface area contributed by atoms with Crippen LogP contribution in [0.2, 0.25) is 10.0 Å². The summed E-state index contributed by atoms with van der Waals surface area (Å²) in [5.74, 6) is -0.272. The molecule has 0 bridgehead atoms. The fourth-order valence-corrected chi connectivity index (χ4v) is 5.38. The van der Waals surface area contributed by atoms with Crippen molar-refractivity contribution in [1.82, 2.24) is 0 Å². The summed E-state index contributed by atoms with van der Waals surface area (Å²) in [6, 6.07) is 8.68. The minimum absolute atomic E-state index is 0.0717. The highest BCUT2D eigenvalue weighted by molar-refractivity contribution is 9.10. The second-order valence-corrected chi connectivity index (χ2v) is 9.90. The van der Waals surface area contributed by atoms with E-state index in [1.165, 1.54) is 7.11 Å². The smallest absolute Gasteiger partial charge is 0.340 e. The van der Waals surface area contributed by atoms with E-state index in [4.69, 9.17) is 47.9 Å². The van der Waals surface area contributed by atoms with Gasteiger partial charge in [-0.15, -0.1) is 0 Å². The molecule has 2 N–H and O–H groups in total. The molecule has 0 spiro atoms. The van der Waals surface area contributed by atoms with Gasteiger partial charge in [-0.3, -0.25) is 4.79 Å². The molecule has 36 heavy (non-hydrogen) atoms. The number of hydrogen-bond acceptors (Lipinski definition) is 7. The number of halogens is 3. The Bertz CT molecular complexity index is 1290. The number of Topliss-reactive ketones (excluding diaryl/α,β-unsaturated/α-hetero) is 1. The molecule has 1 atom stereocenters. The van der Waals surface area contributed by atoms with Crippen LogP contribution in [0.15, 0.2) is 57.6 Å². The van der Waals surface area contributed by atoms with Crippen molar-refractivity contribution < 1.29 is 28.5 Å². The van der Waals surface area contributed by atoms with Gasteiger partial charge in [0.1, 0.15) is 17.9 Å². The van der Waals surface area contributed by atoms with E-state index in [9.17, 15) is 9.59 Å². The molecular formula is C26H24BrCl2NO6. The normalized spacial score (nSPS) is 17.5. The topological polar surface area (TPSA) is 97.1 Å². The molecule has 0 saturated heterocycles. The maximum Gasteiger partial charge on any atom is 0.340 e. The van der Waals surface area contributed by atoms with Gasteiger partial charge < -0.3 is 24.7 Å². The Balaban J connectivity index is 1.78. The maximum absolute atomic E-state index is 13.0. The van der Waals surface area contributed by atoms with E-state index >= 15 is 0 Å². The van der Waals surface area contributed by atoms with Gasteiger partial charge in [-0.1, -0.05) is 29.3 Å². The van der Waals surface area contributed by atoms with Crippen molar-refractivity contribution in [3.05, 3.63) is 78.8 Å². The molecule has 0 radical (unpaired) electrons. The van der Waals surface area contributed by atoms with Gasteiger partial charge in [0.15, 0.2) is 17.3 Å². The Morgan fingerprint density at radius 3 is 2.67 bits per heavy atom. The van der Waals surface area contributed by atoms with Crippen LogP contribution in [0.1, 0.15) is 43.2 Å². The van der Waals surface area contributed by atoms with Crippen molar-refractivity contribution in [2.45, 2.75) is 38.7 Å². The molecule has 0 amide bonds. The maximum atomic E-state index is 13.0. The van der Waals surface area contributed by atoms with Crippen LogP contribution >= 0.6 is 39.1 Å². The van der Waals surface area contributed by atoms with Crippen molar-refractivity contribution in [2.75, 3.05) is 13.7 Å². The average molecular weight is 597 g/mol. The Kier molecular flexibility index (Phi) is 8.17. The zero-order valence-corrected chi connectivity index (χ0v) is 22.8. The van der Waals surface area contributed by atoms with E-state index in [0.29, 0.717) is 68.8 Å². The van der Waals surface area contributed by atoms with E-state index in [0.717, 1.165) is 5.56 Å². The molecule has 0 fully saturated rings. The summed E-state index contributed by atoms with van der Waals surface area (Å²) in [5.41, 5.74) is 7.99. The fraction of sp³-hybridized carbons (Fsp3) is 0.308. The number of carbonyl (C=O) groups is 2. The van der Waals surface area contributed by atoms with Crippen LogP contribution in [0.25, 0.3) is 0 Å². The minimum atomic E-state index is -0.774. The van der Waals surface area contributed by atoms with Crippen molar-refractivity contribution >= 4 is 50.9 Å². The van der Waals surface area contributed by atoms with Crippen LogP contribution in [-0.2, 0) is 25.7 Å². The van der Waals surface area contributed by atoms with Gasteiger partial charge >= 0.3 is 5.97 Å². The van der Waals surface area contributed by atoms with Gasteiger partial charge in [0, 0.05) is 34.0 Å². The fourth-order valence-electron chi connectivity index (χ4n) is 4.34. The molecule has 0 saturated carbocycles. The van der Waals surface area contributed by atoms with Gasteiger partial charge in [0.05, 0.1) is 24.1 Å². The first-order valence-electron chi connectivity index (χ1n) is 11.3. The van der Waals surface area contributed by atoms with Crippen molar-refractivity contribution in [2.24, 2.45) is 5.73 Å². The third kappa shape index (κ3) is 5.21. The number of benzene rings is 2. The Morgan fingerprint density at radius 1 is 1.19 bits per heavy atom. The van der Waals surface area contributed by atoms with Gasteiger partial charge in [0.25, 0.3) is 0 Å². The molecule has 10 heteroatoms. The monoisotopic (exact) mass is 595 g/mol. The zero-order valence-electron chi connectivity index (χ0n) is 19.7. The number of rotatable bonds is 7. The number of carbonyl (C=O) groups excluding carboxylic acids is 2. The third-order valence-electron chi connectivity index (χ3n) is 5.94. The SMILES string of the molecule is CCOc1cc([C@@H]2C(C(=O)OC)=C(N)OC3=C2C(=O)CCC3)cc(Br)c1OCc1ccc(Cl)cc1Cl. The molecule has 1 heterocycles. The molecule has 0 aromatic heterocycles. The lowest BCUT2D eigenvalue weighted by atomic mass is 9.77. The van der Waals surface area contributed by atoms with Crippen LogP contribution in [0.5, 0.6) is 11.5 Å². The summed E-state index contributed by atoms with van der Waals surface area (Å²) in [6.45, 7) is 2.37. The predicted octanol–water partition coefficient (Wildman–Crippen LogP) is 6.20. The summed E-state index contributed by atoms with van der Waals surface area (Å²) >= 11 is 15.9. The van der Waals surface area contributed by atoms with E-state index in [1.807, 2.05) is 6.92 Å². The van der Waals surface area contributed by atoms with E-state index < -0.39 is 11.9 Å². The molecule has 0 unspecified atom stereocenters. The van der Waals surface area contributed by atoms with Crippen LogP contribution in [0.3, 0.4) is 0 Å². The Morgan fingerprint density at radius 2 is 1.97 bits per heavy atom. The molecule has 2 aromatic rings.